The largest absolute Gasteiger partial charge is 0.502 e. The van der Waals surface area contributed by atoms with Crippen LogP contribution in [0.15, 0.2) is 42.1 Å². The number of phenolic OH excluding ortho intramolecular Hbond substituents is 1. The first-order valence-corrected chi connectivity index (χ1v) is 7.90. The highest BCUT2D eigenvalue weighted by Gasteiger charge is 2.34. The predicted molar refractivity (Wildman–Crippen MR) is 93.2 cm³/mol. The van der Waals surface area contributed by atoms with Crippen LogP contribution in [0, 0.1) is 15.9 Å². The van der Waals surface area contributed by atoms with Crippen LogP contribution < -0.4 is 5.32 Å². The molecule has 1 fully saturated rings. The summed E-state index contributed by atoms with van der Waals surface area (Å²) in [5.41, 5.74) is -0.855. The molecule has 0 atom stereocenters. The van der Waals surface area contributed by atoms with E-state index in [0.29, 0.717) is 0 Å². The number of nitrogens with zero attached hydrogens (tertiary/aromatic N) is 2. The molecule has 2 aromatic rings. The van der Waals surface area contributed by atoms with Gasteiger partial charge in [0.15, 0.2) is 0 Å². The van der Waals surface area contributed by atoms with E-state index in [2.05, 4.69) is 5.32 Å². The third kappa shape index (κ3) is 3.58. The van der Waals surface area contributed by atoms with Crippen LogP contribution in [0.3, 0.4) is 0 Å². The Morgan fingerprint density at radius 1 is 1.30 bits per heavy atom. The van der Waals surface area contributed by atoms with Gasteiger partial charge >= 0.3 is 11.7 Å². The molecule has 10 heteroatoms. The first-order chi connectivity index (χ1) is 12.8. The summed E-state index contributed by atoms with van der Waals surface area (Å²) >= 11 is 5.80. The standard InChI is InChI=1S/C17H11ClFN3O5/c18-11-5-10(15(23)14(7-11)22(26)27)6-13-16(24)21(17(25)20-13)8-9-3-1-2-4-12(9)19/h1-7,23H,8H2,(H,20,25)/b13-6+. The van der Waals surface area contributed by atoms with Gasteiger partial charge in [-0.3, -0.25) is 19.8 Å². The number of carbonyl (C=O) groups excluding carboxylic acids is 2. The number of halogens is 2. The van der Waals surface area contributed by atoms with Gasteiger partial charge in [0.05, 0.1) is 11.5 Å². The quantitative estimate of drug-likeness (QED) is 0.359. The third-order valence-electron chi connectivity index (χ3n) is 3.83. The zero-order valence-electron chi connectivity index (χ0n) is 13.5. The van der Waals surface area contributed by atoms with E-state index < -0.39 is 34.1 Å². The molecule has 1 heterocycles. The van der Waals surface area contributed by atoms with E-state index in [-0.39, 0.29) is 28.4 Å². The van der Waals surface area contributed by atoms with Crippen LogP contribution in [0.2, 0.25) is 5.02 Å². The fraction of sp³-hybridized carbons (Fsp3) is 0.0588. The van der Waals surface area contributed by atoms with E-state index >= 15 is 0 Å². The number of nitro groups is 1. The first-order valence-electron chi connectivity index (χ1n) is 7.52. The molecule has 8 nitrogen and oxygen atoms in total. The lowest BCUT2D eigenvalue weighted by atomic mass is 10.1. The van der Waals surface area contributed by atoms with Crippen molar-refractivity contribution in [2.24, 2.45) is 0 Å². The fourth-order valence-electron chi connectivity index (χ4n) is 2.52. The van der Waals surface area contributed by atoms with E-state index in [1.807, 2.05) is 0 Å². The minimum atomic E-state index is -0.831. The van der Waals surface area contributed by atoms with Crippen molar-refractivity contribution in [3.8, 4) is 5.75 Å². The molecule has 0 aliphatic carbocycles. The van der Waals surface area contributed by atoms with Crippen molar-refractivity contribution in [2.45, 2.75) is 6.54 Å². The topological polar surface area (TPSA) is 113 Å². The van der Waals surface area contributed by atoms with Crippen molar-refractivity contribution in [3.05, 3.63) is 74.2 Å². The lowest BCUT2D eigenvalue weighted by Gasteiger charge is -2.12. The molecule has 2 aromatic carbocycles. The maximum absolute atomic E-state index is 13.8. The van der Waals surface area contributed by atoms with Gasteiger partial charge < -0.3 is 10.4 Å². The molecule has 0 bridgehead atoms. The molecule has 0 saturated carbocycles. The highest BCUT2D eigenvalue weighted by molar-refractivity contribution is 6.31. The summed E-state index contributed by atoms with van der Waals surface area (Å²) < 4.78 is 13.8. The number of carbonyl (C=O) groups is 2. The molecule has 0 aromatic heterocycles. The molecular weight excluding hydrogens is 381 g/mol. The number of nitrogens with one attached hydrogen (secondary N) is 1. The van der Waals surface area contributed by atoms with Gasteiger partial charge in [0.1, 0.15) is 11.5 Å². The Balaban J connectivity index is 1.93. The molecule has 138 valence electrons. The Labute approximate surface area is 156 Å². The van der Waals surface area contributed by atoms with Gasteiger partial charge in [-0.2, -0.15) is 0 Å². The van der Waals surface area contributed by atoms with Crippen LogP contribution in [-0.4, -0.2) is 26.9 Å². The lowest BCUT2D eigenvalue weighted by molar-refractivity contribution is -0.385. The van der Waals surface area contributed by atoms with Gasteiger partial charge in [0.25, 0.3) is 5.91 Å². The highest BCUT2D eigenvalue weighted by Crippen LogP contribution is 2.35. The number of rotatable bonds is 4. The highest BCUT2D eigenvalue weighted by atomic mass is 35.5. The second-order valence-corrected chi connectivity index (χ2v) is 6.03. The Kier molecular flexibility index (Phi) is 4.78. The summed E-state index contributed by atoms with van der Waals surface area (Å²) in [7, 11) is 0. The molecule has 27 heavy (non-hydrogen) atoms. The van der Waals surface area contributed by atoms with Gasteiger partial charge in [0, 0.05) is 22.2 Å². The van der Waals surface area contributed by atoms with Crippen molar-refractivity contribution in [1.82, 2.24) is 10.2 Å². The van der Waals surface area contributed by atoms with Gasteiger partial charge in [0.2, 0.25) is 5.75 Å². The maximum Gasteiger partial charge on any atom is 0.329 e. The van der Waals surface area contributed by atoms with Crippen molar-refractivity contribution >= 4 is 35.3 Å². The second kappa shape index (κ2) is 7.04. The molecule has 1 saturated heterocycles. The maximum atomic E-state index is 13.8. The normalized spacial score (nSPS) is 15.3. The number of hydrogen-bond donors (Lipinski definition) is 2. The van der Waals surface area contributed by atoms with E-state index in [1.54, 1.807) is 6.07 Å². The van der Waals surface area contributed by atoms with E-state index in [1.165, 1.54) is 24.3 Å². The molecule has 3 rings (SSSR count). The number of aromatic hydroxyl groups is 1. The minimum Gasteiger partial charge on any atom is -0.502 e. The summed E-state index contributed by atoms with van der Waals surface area (Å²) in [6.45, 7) is -0.295. The van der Waals surface area contributed by atoms with Crippen LogP contribution in [0.25, 0.3) is 6.08 Å². The van der Waals surface area contributed by atoms with Crippen molar-refractivity contribution in [2.75, 3.05) is 0 Å². The second-order valence-electron chi connectivity index (χ2n) is 5.59. The summed E-state index contributed by atoms with van der Waals surface area (Å²) in [5.74, 6) is -2.05. The van der Waals surface area contributed by atoms with Crippen LogP contribution in [0.5, 0.6) is 5.75 Å². The van der Waals surface area contributed by atoms with Gasteiger partial charge in [-0.1, -0.05) is 29.8 Å². The summed E-state index contributed by atoms with van der Waals surface area (Å²) in [4.78, 5) is 35.4. The van der Waals surface area contributed by atoms with Crippen molar-refractivity contribution in [1.29, 1.82) is 0 Å². The zero-order valence-corrected chi connectivity index (χ0v) is 14.2. The molecule has 0 radical (unpaired) electrons. The molecule has 0 spiro atoms. The first kappa shape index (κ1) is 18.3. The molecule has 2 N–H and O–H groups in total. The summed E-state index contributed by atoms with van der Waals surface area (Å²) in [6.07, 6.45) is 1.07. The van der Waals surface area contributed by atoms with E-state index in [4.69, 9.17) is 11.6 Å². The lowest BCUT2D eigenvalue weighted by Crippen LogP contribution is -2.30. The molecule has 1 aliphatic heterocycles. The molecule has 1 aliphatic rings. The van der Waals surface area contributed by atoms with Crippen LogP contribution in [-0.2, 0) is 11.3 Å². The number of nitro benzene ring substituents is 1. The summed E-state index contributed by atoms with van der Waals surface area (Å²) in [5, 5.41) is 23.2. The van der Waals surface area contributed by atoms with E-state index in [0.717, 1.165) is 17.0 Å². The monoisotopic (exact) mass is 391 g/mol. The Hall–Kier alpha value is -3.46. The average Bonchev–Trinajstić information content (AvgIpc) is 2.87. The number of imide groups is 1. The van der Waals surface area contributed by atoms with Gasteiger partial charge in [-0.25, -0.2) is 9.18 Å². The summed E-state index contributed by atoms with van der Waals surface area (Å²) in [6, 6.07) is 7.05. The number of amides is 3. The average molecular weight is 392 g/mol. The van der Waals surface area contributed by atoms with Gasteiger partial charge in [-0.15, -0.1) is 0 Å². The predicted octanol–water partition coefficient (Wildman–Crippen LogP) is 3.19. The minimum absolute atomic E-state index is 0.0358. The smallest absolute Gasteiger partial charge is 0.329 e. The number of benzene rings is 2. The van der Waals surface area contributed by atoms with Gasteiger partial charge in [-0.05, 0) is 18.2 Å². The van der Waals surface area contributed by atoms with Crippen molar-refractivity contribution < 1.29 is 24.0 Å². The third-order valence-corrected chi connectivity index (χ3v) is 4.05. The van der Waals surface area contributed by atoms with Crippen LogP contribution >= 0.6 is 11.6 Å². The zero-order chi connectivity index (χ0) is 19.7. The Bertz CT molecular complexity index is 1010. The Morgan fingerprint density at radius 3 is 2.67 bits per heavy atom. The van der Waals surface area contributed by atoms with Crippen molar-refractivity contribution in [3.63, 3.8) is 0 Å². The molecule has 3 amide bonds. The molecule has 0 unspecified atom stereocenters. The number of hydrogen-bond acceptors (Lipinski definition) is 5. The van der Waals surface area contributed by atoms with Crippen LogP contribution in [0.1, 0.15) is 11.1 Å². The number of phenols is 1. The Morgan fingerprint density at radius 2 is 2.00 bits per heavy atom. The fourth-order valence-corrected chi connectivity index (χ4v) is 2.74. The number of urea groups is 1. The van der Waals surface area contributed by atoms with E-state index in [9.17, 15) is 29.2 Å². The molecular formula is C17H11ClFN3O5. The SMILES string of the molecule is O=C1N/C(=C/c2cc(Cl)cc([N+](=O)[O-])c2O)C(=O)N1Cc1ccccc1F. The van der Waals surface area contributed by atoms with Crippen LogP contribution in [0.4, 0.5) is 14.9 Å².